The molecule has 0 aliphatic rings. The van der Waals surface area contributed by atoms with E-state index < -0.39 is 5.91 Å². The zero-order chi connectivity index (χ0) is 17.8. The molecule has 1 amide bonds. The Hall–Kier alpha value is -3.22. The summed E-state index contributed by atoms with van der Waals surface area (Å²) < 4.78 is 12.9. The number of benzene rings is 1. The van der Waals surface area contributed by atoms with E-state index in [1.54, 1.807) is 24.3 Å². The average Bonchev–Trinajstić information content (AvgIpc) is 2.63. The molecule has 2 heterocycles. The number of hydrogen-bond acceptors (Lipinski definition) is 5. The van der Waals surface area contributed by atoms with Crippen LogP contribution in [0.25, 0.3) is 10.9 Å². The maximum absolute atomic E-state index is 12.9. The Kier molecular flexibility index (Phi) is 4.74. The number of carbonyl (C=O) groups excluding carboxylic acids is 1. The maximum Gasteiger partial charge on any atom is 0.274 e. The van der Waals surface area contributed by atoms with E-state index in [2.05, 4.69) is 20.6 Å². The molecule has 7 heteroatoms. The van der Waals surface area contributed by atoms with Gasteiger partial charge in [0.25, 0.3) is 5.91 Å². The number of hydrogen-bond donors (Lipinski definition) is 3. The van der Waals surface area contributed by atoms with Crippen LogP contribution in [0.15, 0.2) is 42.6 Å². The van der Waals surface area contributed by atoms with Crippen molar-refractivity contribution in [2.45, 2.75) is 13.5 Å². The quantitative estimate of drug-likeness (QED) is 0.665. The number of carbonyl (C=O) groups is 1. The lowest BCUT2D eigenvalue weighted by Gasteiger charge is -2.12. The minimum Gasteiger partial charge on any atom is -0.504 e. The van der Waals surface area contributed by atoms with Gasteiger partial charge in [0.1, 0.15) is 17.2 Å². The third-order valence-corrected chi connectivity index (χ3v) is 3.66. The normalized spacial score (nSPS) is 10.6. The van der Waals surface area contributed by atoms with Crippen LogP contribution in [-0.2, 0) is 6.54 Å². The van der Waals surface area contributed by atoms with Gasteiger partial charge in [-0.2, -0.15) is 0 Å². The third-order valence-electron chi connectivity index (χ3n) is 3.66. The van der Waals surface area contributed by atoms with Crippen LogP contribution in [0.4, 0.5) is 10.2 Å². The number of aromatic nitrogens is 2. The van der Waals surface area contributed by atoms with Crippen LogP contribution >= 0.6 is 0 Å². The first-order chi connectivity index (χ1) is 12.1. The van der Waals surface area contributed by atoms with Crippen LogP contribution in [0.2, 0.25) is 0 Å². The van der Waals surface area contributed by atoms with Crippen molar-refractivity contribution in [3.8, 4) is 5.75 Å². The van der Waals surface area contributed by atoms with Crippen molar-refractivity contribution in [1.29, 1.82) is 0 Å². The van der Waals surface area contributed by atoms with Gasteiger partial charge in [-0.3, -0.25) is 9.78 Å². The number of anilines is 1. The average molecular weight is 340 g/mol. The number of nitrogens with zero attached hydrogens (tertiary/aromatic N) is 2. The molecule has 0 saturated carbocycles. The van der Waals surface area contributed by atoms with Gasteiger partial charge in [-0.25, -0.2) is 9.37 Å². The first-order valence-corrected chi connectivity index (χ1v) is 7.84. The second-order valence-electron chi connectivity index (χ2n) is 5.40. The largest absolute Gasteiger partial charge is 0.504 e. The molecule has 0 bridgehead atoms. The summed E-state index contributed by atoms with van der Waals surface area (Å²) in [6, 6.07) is 9.30. The van der Waals surface area contributed by atoms with Gasteiger partial charge in [-0.1, -0.05) is 12.1 Å². The van der Waals surface area contributed by atoms with E-state index in [-0.39, 0.29) is 23.8 Å². The van der Waals surface area contributed by atoms with Crippen LogP contribution < -0.4 is 10.6 Å². The number of halogens is 1. The lowest BCUT2D eigenvalue weighted by atomic mass is 10.2. The molecular formula is C18H17FN4O2. The van der Waals surface area contributed by atoms with Gasteiger partial charge in [0.05, 0.1) is 0 Å². The predicted octanol–water partition coefficient (Wildman–Crippen LogP) is 2.84. The first-order valence-electron chi connectivity index (χ1n) is 7.84. The molecule has 2 aromatic heterocycles. The zero-order valence-electron chi connectivity index (χ0n) is 13.6. The summed E-state index contributed by atoms with van der Waals surface area (Å²) in [5.41, 5.74) is 0.935. The van der Waals surface area contributed by atoms with Crippen molar-refractivity contribution in [3.63, 3.8) is 0 Å². The van der Waals surface area contributed by atoms with Gasteiger partial charge >= 0.3 is 0 Å². The molecule has 3 N–H and O–H groups in total. The molecule has 0 unspecified atom stereocenters. The Labute approximate surface area is 143 Å². The van der Waals surface area contributed by atoms with Gasteiger partial charge in [-0.15, -0.1) is 0 Å². The molecule has 0 aliphatic carbocycles. The summed E-state index contributed by atoms with van der Waals surface area (Å²) in [5.74, 6) is -0.664. The van der Waals surface area contributed by atoms with Crippen molar-refractivity contribution in [2.75, 3.05) is 11.9 Å². The molecule has 0 saturated heterocycles. The van der Waals surface area contributed by atoms with E-state index in [4.69, 9.17) is 0 Å². The van der Waals surface area contributed by atoms with E-state index >= 15 is 0 Å². The van der Waals surface area contributed by atoms with Crippen LogP contribution in [0.5, 0.6) is 5.75 Å². The fourth-order valence-corrected chi connectivity index (χ4v) is 2.45. The maximum atomic E-state index is 12.9. The number of fused-ring (bicyclic) bond motifs is 1. The molecular weight excluding hydrogens is 323 g/mol. The highest BCUT2D eigenvalue weighted by molar-refractivity contribution is 6.03. The molecule has 0 aliphatic heterocycles. The predicted molar refractivity (Wildman–Crippen MR) is 92.9 cm³/mol. The van der Waals surface area contributed by atoms with Crippen LogP contribution in [0.3, 0.4) is 0 Å². The first kappa shape index (κ1) is 16.6. The van der Waals surface area contributed by atoms with Crippen molar-refractivity contribution >= 4 is 22.6 Å². The van der Waals surface area contributed by atoms with E-state index in [1.165, 1.54) is 18.3 Å². The Morgan fingerprint density at radius 3 is 2.72 bits per heavy atom. The lowest BCUT2D eigenvalue weighted by Crippen LogP contribution is -2.24. The molecule has 0 radical (unpaired) electrons. The summed E-state index contributed by atoms with van der Waals surface area (Å²) in [6.45, 7) is 2.71. The van der Waals surface area contributed by atoms with Crippen molar-refractivity contribution in [2.24, 2.45) is 0 Å². The molecule has 25 heavy (non-hydrogen) atoms. The Morgan fingerprint density at radius 1 is 1.24 bits per heavy atom. The van der Waals surface area contributed by atoms with Crippen LogP contribution in [0, 0.1) is 5.82 Å². The molecule has 0 atom stereocenters. The van der Waals surface area contributed by atoms with Gasteiger partial charge in [-0.05, 0) is 36.8 Å². The minimum absolute atomic E-state index is 0.107. The van der Waals surface area contributed by atoms with Gasteiger partial charge in [0.2, 0.25) is 0 Å². The molecule has 0 fully saturated rings. The van der Waals surface area contributed by atoms with Crippen LogP contribution in [-0.4, -0.2) is 27.5 Å². The molecule has 3 aromatic rings. The summed E-state index contributed by atoms with van der Waals surface area (Å²) >= 11 is 0. The Morgan fingerprint density at radius 2 is 2.00 bits per heavy atom. The molecule has 0 spiro atoms. The van der Waals surface area contributed by atoms with Crippen LogP contribution in [0.1, 0.15) is 23.0 Å². The second kappa shape index (κ2) is 7.12. The number of pyridine rings is 2. The minimum atomic E-state index is -0.534. The number of amides is 1. The van der Waals surface area contributed by atoms with Crippen molar-refractivity contribution in [3.05, 3.63) is 59.7 Å². The summed E-state index contributed by atoms with van der Waals surface area (Å²) in [7, 11) is 0. The van der Waals surface area contributed by atoms with E-state index in [1.807, 2.05) is 6.92 Å². The van der Waals surface area contributed by atoms with Gasteiger partial charge < -0.3 is 15.7 Å². The van der Waals surface area contributed by atoms with E-state index in [9.17, 15) is 14.3 Å². The third kappa shape index (κ3) is 3.50. The highest BCUT2D eigenvalue weighted by atomic mass is 19.1. The van der Waals surface area contributed by atoms with E-state index in [0.29, 0.717) is 23.3 Å². The van der Waals surface area contributed by atoms with Crippen molar-refractivity contribution in [1.82, 2.24) is 15.3 Å². The summed E-state index contributed by atoms with van der Waals surface area (Å²) in [4.78, 5) is 20.8. The Bertz CT molecular complexity index is 913. The summed E-state index contributed by atoms with van der Waals surface area (Å²) in [5, 5.41) is 16.8. The fourth-order valence-electron chi connectivity index (χ4n) is 2.45. The molecule has 128 valence electrons. The Balaban J connectivity index is 1.90. The fraction of sp³-hybridized carbons (Fsp3) is 0.167. The number of aromatic hydroxyl groups is 1. The number of rotatable bonds is 5. The zero-order valence-corrected chi connectivity index (χ0v) is 13.6. The summed E-state index contributed by atoms with van der Waals surface area (Å²) in [6.07, 6.45) is 1.54. The second-order valence-corrected chi connectivity index (χ2v) is 5.40. The van der Waals surface area contributed by atoms with Gasteiger partial charge in [0, 0.05) is 24.7 Å². The number of nitrogens with one attached hydrogen (secondary N) is 2. The topological polar surface area (TPSA) is 87.1 Å². The molecule has 1 aromatic carbocycles. The van der Waals surface area contributed by atoms with Gasteiger partial charge in [0.15, 0.2) is 11.4 Å². The SMILES string of the molecule is CCNc1nc(C(=O)NCc2ccc(F)cc2)c(O)c2ncccc12. The monoisotopic (exact) mass is 340 g/mol. The highest BCUT2D eigenvalue weighted by Gasteiger charge is 2.19. The molecule has 3 rings (SSSR count). The standard InChI is InChI=1S/C18H17FN4O2/c1-2-20-17-13-4-3-9-21-14(13)16(24)15(23-17)18(25)22-10-11-5-7-12(19)8-6-11/h3-9,24H,2,10H2,1H3,(H,20,23)(H,22,25). The van der Waals surface area contributed by atoms with Crippen molar-refractivity contribution < 1.29 is 14.3 Å². The smallest absolute Gasteiger partial charge is 0.274 e. The lowest BCUT2D eigenvalue weighted by molar-refractivity contribution is 0.0943. The van der Waals surface area contributed by atoms with E-state index in [0.717, 1.165) is 5.56 Å². The molecule has 6 nitrogen and oxygen atoms in total. The highest BCUT2D eigenvalue weighted by Crippen LogP contribution is 2.30.